The minimum absolute atomic E-state index is 0.156. The molecule has 2 amide bonds. The number of nitrogens with one attached hydrogen (secondary N) is 1. The van der Waals surface area contributed by atoms with Gasteiger partial charge < -0.3 is 10.2 Å². The highest BCUT2D eigenvalue weighted by molar-refractivity contribution is 5.97. The number of hydrogen-bond acceptors (Lipinski definition) is 3. The number of nitrogens with zero attached hydrogens (tertiary/aromatic N) is 2. The Bertz CT molecular complexity index is 686. The van der Waals surface area contributed by atoms with Gasteiger partial charge in [-0.15, -0.1) is 0 Å². The van der Waals surface area contributed by atoms with E-state index in [2.05, 4.69) is 10.3 Å². The zero-order valence-electron chi connectivity index (χ0n) is 13.6. The predicted molar refractivity (Wildman–Crippen MR) is 88.8 cm³/mol. The van der Waals surface area contributed by atoms with Crippen molar-refractivity contribution in [2.45, 2.75) is 26.4 Å². The minimum Gasteiger partial charge on any atom is -0.341 e. The molecule has 5 nitrogen and oxygen atoms in total. The third-order valence-corrected chi connectivity index (χ3v) is 3.50. The summed E-state index contributed by atoms with van der Waals surface area (Å²) in [6.07, 6.45) is 1.69. The van der Waals surface area contributed by atoms with Gasteiger partial charge in [0.1, 0.15) is 6.04 Å². The molecule has 2 rings (SSSR count). The lowest BCUT2D eigenvalue weighted by atomic mass is 10.1. The largest absolute Gasteiger partial charge is 0.341 e. The van der Waals surface area contributed by atoms with Crippen LogP contribution in [-0.4, -0.2) is 34.8 Å². The molecule has 1 atom stereocenters. The quantitative estimate of drug-likeness (QED) is 0.920. The van der Waals surface area contributed by atoms with Crippen molar-refractivity contribution in [3.8, 4) is 0 Å². The van der Waals surface area contributed by atoms with Crippen LogP contribution in [-0.2, 0) is 11.3 Å². The summed E-state index contributed by atoms with van der Waals surface area (Å²) in [5, 5.41) is 2.74. The van der Waals surface area contributed by atoms with E-state index in [1.165, 1.54) is 0 Å². The number of aryl methyl sites for hydroxylation is 1. The molecule has 5 heteroatoms. The van der Waals surface area contributed by atoms with E-state index in [1.54, 1.807) is 37.2 Å². The van der Waals surface area contributed by atoms with E-state index >= 15 is 0 Å². The normalized spacial score (nSPS) is 11.6. The highest BCUT2D eigenvalue weighted by atomic mass is 16.2. The van der Waals surface area contributed by atoms with Crippen LogP contribution in [0.15, 0.2) is 48.7 Å². The Morgan fingerprint density at radius 2 is 2.00 bits per heavy atom. The third-order valence-electron chi connectivity index (χ3n) is 3.50. The van der Waals surface area contributed by atoms with Crippen molar-refractivity contribution in [2.75, 3.05) is 7.05 Å². The number of benzene rings is 1. The number of aromatic nitrogens is 1. The summed E-state index contributed by atoms with van der Waals surface area (Å²) in [5.41, 5.74) is 2.36. The van der Waals surface area contributed by atoms with Gasteiger partial charge in [0.05, 0.1) is 12.2 Å². The molecular weight excluding hydrogens is 290 g/mol. The predicted octanol–water partition coefficient (Wildman–Crippen LogP) is 2.17. The number of hydrogen-bond donors (Lipinski definition) is 1. The summed E-state index contributed by atoms with van der Waals surface area (Å²) in [5.74, 6) is -0.405. The molecular formula is C18H21N3O2. The first kappa shape index (κ1) is 16.7. The molecule has 1 N–H and O–H groups in total. The molecule has 0 aliphatic heterocycles. The standard InChI is InChI=1S/C18H21N3O2/c1-13-7-6-8-15(11-13)17(22)20-14(2)18(23)21(3)12-16-9-4-5-10-19-16/h4-11,14H,12H2,1-3H3,(H,20,22). The van der Waals surface area contributed by atoms with Crippen LogP contribution in [0.4, 0.5) is 0 Å². The lowest BCUT2D eigenvalue weighted by Gasteiger charge is -2.22. The van der Waals surface area contributed by atoms with Crippen molar-refractivity contribution in [3.05, 3.63) is 65.5 Å². The van der Waals surface area contributed by atoms with Gasteiger partial charge in [-0.2, -0.15) is 0 Å². The van der Waals surface area contributed by atoms with Crippen LogP contribution in [0.25, 0.3) is 0 Å². The Hall–Kier alpha value is -2.69. The number of carbonyl (C=O) groups is 2. The van der Waals surface area contributed by atoms with Crippen LogP contribution < -0.4 is 5.32 Å². The maximum atomic E-state index is 12.4. The maximum Gasteiger partial charge on any atom is 0.251 e. The Kier molecular flexibility index (Phi) is 5.46. The van der Waals surface area contributed by atoms with Crippen LogP contribution in [0.1, 0.15) is 28.5 Å². The van der Waals surface area contributed by atoms with Gasteiger partial charge in [0.15, 0.2) is 0 Å². The molecule has 1 aromatic heterocycles. The molecule has 0 fully saturated rings. The van der Waals surface area contributed by atoms with E-state index in [0.29, 0.717) is 12.1 Å². The molecule has 0 saturated heterocycles. The second-order valence-electron chi connectivity index (χ2n) is 5.58. The molecule has 0 aliphatic carbocycles. The van der Waals surface area contributed by atoms with Crippen LogP contribution in [0.2, 0.25) is 0 Å². The lowest BCUT2D eigenvalue weighted by Crippen LogP contribution is -2.45. The van der Waals surface area contributed by atoms with Gasteiger partial charge in [-0.05, 0) is 38.1 Å². The summed E-state index contributed by atoms with van der Waals surface area (Å²) < 4.78 is 0. The average Bonchev–Trinajstić information content (AvgIpc) is 2.54. The zero-order valence-corrected chi connectivity index (χ0v) is 13.6. The summed E-state index contributed by atoms with van der Waals surface area (Å²) in [7, 11) is 1.70. The molecule has 0 aliphatic rings. The Labute approximate surface area is 136 Å². The molecule has 23 heavy (non-hydrogen) atoms. The van der Waals surface area contributed by atoms with Gasteiger partial charge in [0.2, 0.25) is 5.91 Å². The first-order valence-corrected chi connectivity index (χ1v) is 7.50. The molecule has 0 bridgehead atoms. The van der Waals surface area contributed by atoms with E-state index in [4.69, 9.17) is 0 Å². The lowest BCUT2D eigenvalue weighted by molar-refractivity contribution is -0.132. The van der Waals surface area contributed by atoms with Gasteiger partial charge >= 0.3 is 0 Å². The van der Waals surface area contributed by atoms with Gasteiger partial charge in [-0.25, -0.2) is 0 Å². The second-order valence-corrected chi connectivity index (χ2v) is 5.58. The minimum atomic E-state index is -0.600. The molecule has 0 radical (unpaired) electrons. The highest BCUT2D eigenvalue weighted by Gasteiger charge is 2.20. The van der Waals surface area contributed by atoms with E-state index < -0.39 is 6.04 Å². The Morgan fingerprint density at radius 3 is 2.65 bits per heavy atom. The Morgan fingerprint density at radius 1 is 1.22 bits per heavy atom. The molecule has 1 heterocycles. The summed E-state index contributed by atoms with van der Waals surface area (Å²) in [6.45, 7) is 4.02. The molecule has 0 spiro atoms. The van der Waals surface area contributed by atoms with Crippen molar-refractivity contribution in [3.63, 3.8) is 0 Å². The monoisotopic (exact) mass is 311 g/mol. The highest BCUT2D eigenvalue weighted by Crippen LogP contribution is 2.05. The fourth-order valence-corrected chi connectivity index (χ4v) is 2.27. The van der Waals surface area contributed by atoms with Crippen molar-refractivity contribution in [2.24, 2.45) is 0 Å². The number of pyridine rings is 1. The van der Waals surface area contributed by atoms with E-state index in [1.807, 2.05) is 37.3 Å². The number of rotatable bonds is 5. The first-order chi connectivity index (χ1) is 11.0. The van der Waals surface area contributed by atoms with Gasteiger partial charge in [0, 0.05) is 18.8 Å². The number of carbonyl (C=O) groups excluding carboxylic acids is 2. The van der Waals surface area contributed by atoms with E-state index in [0.717, 1.165) is 11.3 Å². The van der Waals surface area contributed by atoms with Crippen molar-refractivity contribution >= 4 is 11.8 Å². The van der Waals surface area contributed by atoms with Crippen LogP contribution >= 0.6 is 0 Å². The van der Waals surface area contributed by atoms with Crippen molar-refractivity contribution in [1.29, 1.82) is 0 Å². The van der Waals surface area contributed by atoms with Gasteiger partial charge in [-0.1, -0.05) is 23.8 Å². The molecule has 120 valence electrons. The summed E-state index contributed by atoms with van der Waals surface area (Å²) >= 11 is 0. The first-order valence-electron chi connectivity index (χ1n) is 7.50. The third kappa shape index (κ3) is 4.64. The molecule has 1 aromatic carbocycles. The molecule has 1 unspecified atom stereocenters. The number of amides is 2. The van der Waals surface area contributed by atoms with E-state index in [9.17, 15) is 9.59 Å². The van der Waals surface area contributed by atoms with Gasteiger partial charge in [0.25, 0.3) is 5.91 Å². The van der Waals surface area contributed by atoms with Crippen molar-refractivity contribution in [1.82, 2.24) is 15.2 Å². The number of likely N-dealkylation sites (N-methyl/N-ethyl adjacent to an activating group) is 1. The second kappa shape index (κ2) is 7.54. The summed E-state index contributed by atoms with van der Waals surface area (Å²) in [6, 6.07) is 12.2. The summed E-state index contributed by atoms with van der Waals surface area (Å²) in [4.78, 5) is 30.3. The smallest absolute Gasteiger partial charge is 0.251 e. The maximum absolute atomic E-state index is 12.4. The topological polar surface area (TPSA) is 62.3 Å². The van der Waals surface area contributed by atoms with E-state index in [-0.39, 0.29) is 11.8 Å². The fraction of sp³-hybridized carbons (Fsp3) is 0.278. The fourth-order valence-electron chi connectivity index (χ4n) is 2.27. The molecule has 2 aromatic rings. The SMILES string of the molecule is Cc1cccc(C(=O)NC(C)C(=O)N(C)Cc2ccccn2)c1. The van der Waals surface area contributed by atoms with Crippen LogP contribution in [0.5, 0.6) is 0 Å². The van der Waals surface area contributed by atoms with Crippen molar-refractivity contribution < 1.29 is 9.59 Å². The molecule has 0 saturated carbocycles. The van der Waals surface area contributed by atoms with Gasteiger partial charge in [-0.3, -0.25) is 14.6 Å². The zero-order chi connectivity index (χ0) is 16.8. The van der Waals surface area contributed by atoms with Crippen LogP contribution in [0.3, 0.4) is 0 Å². The average molecular weight is 311 g/mol. The van der Waals surface area contributed by atoms with Crippen LogP contribution in [0, 0.1) is 6.92 Å². The Balaban J connectivity index is 1.95.